The Morgan fingerprint density at radius 3 is 1.80 bits per heavy atom. The molecule has 2 aromatic rings. The molecule has 0 nitrogen and oxygen atoms in total. The van der Waals surface area contributed by atoms with Crippen molar-refractivity contribution < 1.29 is 30.7 Å². The third kappa shape index (κ3) is 2.48. The van der Waals surface area contributed by atoms with Crippen LogP contribution in [0.2, 0.25) is 0 Å². The average Bonchev–Trinajstić information content (AvgIpc) is 2.29. The van der Waals surface area contributed by atoms with Crippen LogP contribution < -0.4 is 0 Å². The molecule has 0 aliphatic carbocycles. The second kappa shape index (κ2) is 4.81. The van der Waals surface area contributed by atoms with Crippen molar-refractivity contribution in [1.29, 1.82) is 0 Å². The summed E-state index contributed by atoms with van der Waals surface area (Å²) in [6, 6.07) is 3.46. The Balaban J connectivity index is 2.65. The van der Waals surface area contributed by atoms with E-state index in [1.807, 2.05) is 0 Å². The Labute approximate surface area is 108 Å². The van der Waals surface area contributed by atoms with Crippen LogP contribution in [0.3, 0.4) is 0 Å². The van der Waals surface area contributed by atoms with Gasteiger partial charge < -0.3 is 0 Å². The van der Waals surface area contributed by atoms with Gasteiger partial charge in [0, 0.05) is 5.56 Å². The number of halogens is 7. The molecule has 0 heterocycles. The van der Waals surface area contributed by atoms with Gasteiger partial charge in [-0.05, 0) is 23.8 Å². The fourth-order valence-corrected chi connectivity index (χ4v) is 1.73. The molecule has 0 radical (unpaired) electrons. The number of hydrogen-bond acceptors (Lipinski definition) is 0. The maximum absolute atomic E-state index is 13.4. The van der Waals surface area contributed by atoms with Crippen molar-refractivity contribution in [2.75, 3.05) is 0 Å². The van der Waals surface area contributed by atoms with E-state index in [4.69, 9.17) is 0 Å². The van der Waals surface area contributed by atoms with Crippen LogP contribution in [-0.4, -0.2) is 0 Å². The molecular weight excluding hydrogens is 289 g/mol. The van der Waals surface area contributed by atoms with Crippen LogP contribution in [-0.2, 0) is 6.18 Å². The maximum atomic E-state index is 13.4. The first-order valence-electron chi connectivity index (χ1n) is 5.22. The summed E-state index contributed by atoms with van der Waals surface area (Å²) >= 11 is 0. The van der Waals surface area contributed by atoms with Crippen LogP contribution in [0, 0.1) is 23.3 Å². The molecule has 0 unspecified atom stereocenters. The van der Waals surface area contributed by atoms with Crippen LogP contribution >= 0.6 is 0 Å². The van der Waals surface area contributed by atoms with Gasteiger partial charge in [-0.1, -0.05) is 12.1 Å². The Hall–Kier alpha value is -2.05. The highest BCUT2D eigenvalue weighted by Gasteiger charge is 2.38. The minimum absolute atomic E-state index is 0.309. The lowest BCUT2D eigenvalue weighted by molar-refractivity contribution is -0.142. The van der Waals surface area contributed by atoms with Gasteiger partial charge in [0.25, 0.3) is 0 Å². The topological polar surface area (TPSA) is 0 Å². The third-order valence-corrected chi connectivity index (χ3v) is 2.59. The van der Waals surface area contributed by atoms with Crippen molar-refractivity contribution in [2.45, 2.75) is 6.18 Å². The fourth-order valence-electron chi connectivity index (χ4n) is 1.73. The van der Waals surface area contributed by atoms with Crippen molar-refractivity contribution >= 4 is 0 Å². The molecule has 7 heteroatoms. The zero-order valence-electron chi connectivity index (χ0n) is 9.53. The second-order valence-corrected chi connectivity index (χ2v) is 3.91. The molecule has 0 saturated carbocycles. The van der Waals surface area contributed by atoms with E-state index in [2.05, 4.69) is 0 Å². The van der Waals surface area contributed by atoms with E-state index in [0.717, 1.165) is 18.2 Å². The van der Waals surface area contributed by atoms with Crippen LogP contribution in [0.25, 0.3) is 11.1 Å². The Morgan fingerprint density at radius 1 is 0.750 bits per heavy atom. The van der Waals surface area contributed by atoms with Gasteiger partial charge in [0.1, 0.15) is 17.2 Å². The standard InChI is InChI=1S/C13H5F7/c14-8-3-1-2-7(12(8)17)6-4-9(15)11(10(16)5-6)13(18,19)20/h1-5H. The molecule has 0 aliphatic heterocycles. The van der Waals surface area contributed by atoms with Crippen molar-refractivity contribution in [3.8, 4) is 11.1 Å². The van der Waals surface area contributed by atoms with Crippen molar-refractivity contribution in [3.05, 3.63) is 59.2 Å². The lowest BCUT2D eigenvalue weighted by atomic mass is 10.0. The summed E-state index contributed by atoms with van der Waals surface area (Å²) in [5.41, 5.74) is -3.13. The number of hydrogen-bond donors (Lipinski definition) is 0. The predicted molar refractivity (Wildman–Crippen MR) is 56.7 cm³/mol. The summed E-state index contributed by atoms with van der Waals surface area (Å²) in [5, 5.41) is 0. The minimum atomic E-state index is -5.22. The van der Waals surface area contributed by atoms with E-state index >= 15 is 0 Å². The van der Waals surface area contributed by atoms with Crippen molar-refractivity contribution in [3.63, 3.8) is 0 Å². The van der Waals surface area contributed by atoms with E-state index in [-0.39, 0.29) is 0 Å². The molecule has 0 atom stereocenters. The van der Waals surface area contributed by atoms with E-state index in [9.17, 15) is 30.7 Å². The predicted octanol–water partition coefficient (Wildman–Crippen LogP) is 4.93. The molecule has 0 aliphatic rings. The Kier molecular flexibility index (Phi) is 3.45. The molecule has 0 saturated heterocycles. The first-order valence-corrected chi connectivity index (χ1v) is 5.22. The lowest BCUT2D eigenvalue weighted by Crippen LogP contribution is -2.11. The zero-order chi connectivity index (χ0) is 15.1. The van der Waals surface area contributed by atoms with Crippen LogP contribution in [0.1, 0.15) is 5.56 Å². The molecule has 0 fully saturated rings. The zero-order valence-corrected chi connectivity index (χ0v) is 9.53. The highest BCUT2D eigenvalue weighted by Crippen LogP contribution is 2.36. The Morgan fingerprint density at radius 2 is 1.30 bits per heavy atom. The molecule has 0 amide bonds. The molecule has 0 aromatic heterocycles. The van der Waals surface area contributed by atoms with Gasteiger partial charge in [-0.25, -0.2) is 17.6 Å². The molecule has 0 bridgehead atoms. The normalized spacial score (nSPS) is 11.8. The molecule has 0 N–H and O–H groups in total. The van der Waals surface area contributed by atoms with E-state index < -0.39 is 46.1 Å². The fraction of sp³-hybridized carbons (Fsp3) is 0.0769. The SMILES string of the molecule is Fc1cccc(-c2cc(F)c(C(F)(F)F)c(F)c2)c1F. The van der Waals surface area contributed by atoms with Crippen molar-refractivity contribution in [2.24, 2.45) is 0 Å². The van der Waals surface area contributed by atoms with Crippen molar-refractivity contribution in [1.82, 2.24) is 0 Å². The second-order valence-electron chi connectivity index (χ2n) is 3.91. The maximum Gasteiger partial charge on any atom is 0.422 e. The molecule has 2 rings (SSSR count). The van der Waals surface area contributed by atoms with Gasteiger partial charge >= 0.3 is 6.18 Å². The summed E-state index contributed by atoms with van der Waals surface area (Å²) in [5.74, 6) is -6.46. The highest BCUT2D eigenvalue weighted by molar-refractivity contribution is 5.65. The average molecular weight is 294 g/mol. The van der Waals surface area contributed by atoms with Crippen LogP contribution in [0.15, 0.2) is 30.3 Å². The van der Waals surface area contributed by atoms with Gasteiger partial charge in [0.05, 0.1) is 0 Å². The van der Waals surface area contributed by atoms with Gasteiger partial charge in [0.15, 0.2) is 11.6 Å². The van der Waals surface area contributed by atoms with Crippen LogP contribution in [0.4, 0.5) is 30.7 Å². The summed E-state index contributed by atoms with van der Waals surface area (Å²) in [4.78, 5) is 0. The molecule has 20 heavy (non-hydrogen) atoms. The van der Waals surface area contributed by atoms with Gasteiger partial charge in [-0.2, -0.15) is 13.2 Å². The summed E-state index contributed by atoms with van der Waals surface area (Å²) in [6.45, 7) is 0. The van der Waals surface area contributed by atoms with E-state index in [1.54, 1.807) is 0 Å². The number of alkyl halides is 3. The monoisotopic (exact) mass is 294 g/mol. The number of rotatable bonds is 1. The van der Waals surface area contributed by atoms with Crippen LogP contribution in [0.5, 0.6) is 0 Å². The summed E-state index contributed by atoms with van der Waals surface area (Å²) in [6.07, 6.45) is -5.22. The Bertz CT molecular complexity index is 635. The first kappa shape index (κ1) is 14.4. The van der Waals surface area contributed by atoms with Gasteiger partial charge in [-0.3, -0.25) is 0 Å². The van der Waals surface area contributed by atoms with E-state index in [0.29, 0.717) is 12.1 Å². The van der Waals surface area contributed by atoms with E-state index in [1.165, 1.54) is 0 Å². The number of benzene rings is 2. The quantitative estimate of drug-likeness (QED) is 0.654. The molecular formula is C13H5F7. The third-order valence-electron chi connectivity index (χ3n) is 2.59. The van der Waals surface area contributed by atoms with Gasteiger partial charge in [-0.15, -0.1) is 0 Å². The largest absolute Gasteiger partial charge is 0.422 e. The highest BCUT2D eigenvalue weighted by atomic mass is 19.4. The smallest absolute Gasteiger partial charge is 0.206 e. The first-order chi connectivity index (χ1) is 9.21. The molecule has 106 valence electrons. The molecule has 0 spiro atoms. The molecule has 2 aromatic carbocycles. The minimum Gasteiger partial charge on any atom is -0.206 e. The lowest BCUT2D eigenvalue weighted by Gasteiger charge is -2.11. The summed E-state index contributed by atoms with van der Waals surface area (Å²) < 4.78 is 90.3. The van der Waals surface area contributed by atoms with Gasteiger partial charge in [0.2, 0.25) is 0 Å². The summed E-state index contributed by atoms with van der Waals surface area (Å²) in [7, 11) is 0.